The maximum atomic E-state index is 12.5. The largest absolute Gasteiger partial charge is 0.493 e. The highest BCUT2D eigenvalue weighted by Gasteiger charge is 2.09. The van der Waals surface area contributed by atoms with Crippen LogP contribution in [0.4, 0.5) is 0 Å². The van der Waals surface area contributed by atoms with Crippen molar-refractivity contribution in [2.75, 3.05) is 26.9 Å². The number of nitrogens with one attached hydrogen (secondary N) is 1. The fraction of sp³-hybridized carbons (Fsp3) is 0.296. The van der Waals surface area contributed by atoms with Crippen LogP contribution in [0.5, 0.6) is 23.0 Å². The van der Waals surface area contributed by atoms with E-state index in [0.717, 1.165) is 24.2 Å². The normalized spacial score (nSPS) is 10.4. The van der Waals surface area contributed by atoms with Crippen LogP contribution in [-0.2, 0) is 6.54 Å². The Hall–Kier alpha value is -3.67. The van der Waals surface area contributed by atoms with Gasteiger partial charge in [-0.15, -0.1) is 0 Å². The Labute approximate surface area is 195 Å². The number of para-hydroxylation sites is 1. The van der Waals surface area contributed by atoms with Gasteiger partial charge in [0.05, 0.1) is 13.7 Å². The average molecular weight is 450 g/mol. The second-order valence-electron chi connectivity index (χ2n) is 7.40. The molecule has 0 aliphatic carbocycles. The molecule has 0 aliphatic rings. The molecule has 0 aromatic heterocycles. The number of amides is 1. The Morgan fingerprint density at radius 1 is 0.788 bits per heavy atom. The summed E-state index contributed by atoms with van der Waals surface area (Å²) in [5.41, 5.74) is 1.50. The number of methoxy groups -OCH3 is 1. The minimum Gasteiger partial charge on any atom is -0.493 e. The van der Waals surface area contributed by atoms with Crippen molar-refractivity contribution >= 4 is 5.91 Å². The first-order valence-corrected chi connectivity index (χ1v) is 11.2. The van der Waals surface area contributed by atoms with Gasteiger partial charge < -0.3 is 24.3 Å². The zero-order valence-corrected chi connectivity index (χ0v) is 19.2. The van der Waals surface area contributed by atoms with Gasteiger partial charge in [0.15, 0.2) is 11.5 Å². The number of carbonyl (C=O) groups excluding carboxylic acids is 1. The van der Waals surface area contributed by atoms with Gasteiger partial charge in [0.1, 0.15) is 24.7 Å². The lowest BCUT2D eigenvalue weighted by atomic mass is 10.1. The van der Waals surface area contributed by atoms with Crippen molar-refractivity contribution in [1.29, 1.82) is 0 Å². The van der Waals surface area contributed by atoms with Crippen molar-refractivity contribution in [2.24, 2.45) is 0 Å². The van der Waals surface area contributed by atoms with Crippen LogP contribution in [0.3, 0.4) is 0 Å². The van der Waals surface area contributed by atoms with E-state index in [1.54, 1.807) is 31.4 Å². The minimum atomic E-state index is -0.156. The first kappa shape index (κ1) is 24.0. The monoisotopic (exact) mass is 449 g/mol. The first-order valence-electron chi connectivity index (χ1n) is 11.2. The van der Waals surface area contributed by atoms with Crippen LogP contribution in [0.1, 0.15) is 35.7 Å². The van der Waals surface area contributed by atoms with Crippen molar-refractivity contribution < 1.29 is 23.7 Å². The predicted molar refractivity (Wildman–Crippen MR) is 128 cm³/mol. The maximum Gasteiger partial charge on any atom is 0.251 e. The molecule has 0 bridgehead atoms. The van der Waals surface area contributed by atoms with Gasteiger partial charge in [-0.1, -0.05) is 37.6 Å². The van der Waals surface area contributed by atoms with Gasteiger partial charge in [0, 0.05) is 12.1 Å². The highest BCUT2D eigenvalue weighted by molar-refractivity contribution is 5.94. The second kappa shape index (κ2) is 13.0. The molecular weight excluding hydrogens is 418 g/mol. The van der Waals surface area contributed by atoms with E-state index in [-0.39, 0.29) is 5.91 Å². The van der Waals surface area contributed by atoms with Gasteiger partial charge in [0.2, 0.25) is 0 Å². The van der Waals surface area contributed by atoms with Crippen LogP contribution in [0, 0.1) is 0 Å². The van der Waals surface area contributed by atoms with Gasteiger partial charge >= 0.3 is 0 Å². The minimum absolute atomic E-state index is 0.156. The number of unbranched alkanes of at least 4 members (excludes halogenated alkanes) is 1. The summed E-state index contributed by atoms with van der Waals surface area (Å²) in [6.07, 6.45) is 2.06. The number of carbonyl (C=O) groups is 1. The maximum absolute atomic E-state index is 12.5. The van der Waals surface area contributed by atoms with Gasteiger partial charge in [-0.05, 0) is 60.5 Å². The molecule has 0 atom stereocenters. The summed E-state index contributed by atoms with van der Waals surface area (Å²) < 4.78 is 22.5. The summed E-state index contributed by atoms with van der Waals surface area (Å²) in [5.74, 6) is 2.72. The SMILES string of the molecule is CCCCOc1ccc(CNC(=O)c2ccc(OCCOc3ccccc3)cc2)cc1OC. The quantitative estimate of drug-likeness (QED) is 0.361. The number of hydrogen-bond acceptors (Lipinski definition) is 5. The summed E-state index contributed by atoms with van der Waals surface area (Å²) >= 11 is 0. The lowest BCUT2D eigenvalue weighted by Gasteiger charge is -2.12. The molecule has 1 amide bonds. The molecule has 0 heterocycles. The Morgan fingerprint density at radius 3 is 2.15 bits per heavy atom. The molecule has 0 saturated carbocycles. The standard InChI is InChI=1S/C27H31NO5/c1-3-4-16-33-25-15-10-21(19-26(25)30-2)20-28-27(29)22-11-13-24(14-12-22)32-18-17-31-23-8-6-5-7-9-23/h5-15,19H,3-4,16-18,20H2,1-2H3,(H,28,29). The van der Waals surface area contributed by atoms with Crippen LogP contribution < -0.4 is 24.3 Å². The zero-order valence-electron chi connectivity index (χ0n) is 19.2. The smallest absolute Gasteiger partial charge is 0.251 e. The Balaban J connectivity index is 1.44. The summed E-state index contributed by atoms with van der Waals surface area (Å²) in [6.45, 7) is 4.02. The average Bonchev–Trinajstić information content (AvgIpc) is 2.86. The van der Waals surface area contributed by atoms with Crippen molar-refractivity contribution in [3.8, 4) is 23.0 Å². The van der Waals surface area contributed by atoms with E-state index in [0.29, 0.717) is 49.2 Å². The van der Waals surface area contributed by atoms with Crippen LogP contribution in [0.2, 0.25) is 0 Å². The molecule has 33 heavy (non-hydrogen) atoms. The molecule has 3 rings (SSSR count). The van der Waals surface area contributed by atoms with Gasteiger partial charge in [-0.3, -0.25) is 4.79 Å². The van der Waals surface area contributed by atoms with Gasteiger partial charge in [0.25, 0.3) is 5.91 Å². The van der Waals surface area contributed by atoms with Crippen LogP contribution >= 0.6 is 0 Å². The second-order valence-corrected chi connectivity index (χ2v) is 7.40. The molecular formula is C27H31NO5. The van der Waals surface area contributed by atoms with Crippen LogP contribution in [0.15, 0.2) is 72.8 Å². The fourth-order valence-corrected chi connectivity index (χ4v) is 3.09. The Morgan fingerprint density at radius 2 is 1.48 bits per heavy atom. The van der Waals surface area contributed by atoms with Crippen molar-refractivity contribution in [3.05, 3.63) is 83.9 Å². The molecule has 6 heteroatoms. The van der Waals surface area contributed by atoms with E-state index < -0.39 is 0 Å². The molecule has 0 saturated heterocycles. The van der Waals surface area contributed by atoms with E-state index in [1.165, 1.54) is 0 Å². The van der Waals surface area contributed by atoms with Gasteiger partial charge in [-0.2, -0.15) is 0 Å². The topological polar surface area (TPSA) is 66.0 Å². The molecule has 3 aromatic carbocycles. The lowest BCUT2D eigenvalue weighted by molar-refractivity contribution is 0.0951. The molecule has 0 radical (unpaired) electrons. The van der Waals surface area contributed by atoms with Gasteiger partial charge in [-0.25, -0.2) is 0 Å². The van der Waals surface area contributed by atoms with E-state index >= 15 is 0 Å². The van der Waals surface area contributed by atoms with Crippen molar-refractivity contribution in [3.63, 3.8) is 0 Å². The molecule has 0 unspecified atom stereocenters. The number of rotatable bonds is 13. The Bertz CT molecular complexity index is 989. The molecule has 6 nitrogen and oxygen atoms in total. The predicted octanol–water partition coefficient (Wildman–Crippen LogP) is 5.26. The molecule has 3 aromatic rings. The number of benzene rings is 3. The molecule has 174 valence electrons. The van der Waals surface area contributed by atoms with Crippen molar-refractivity contribution in [2.45, 2.75) is 26.3 Å². The highest BCUT2D eigenvalue weighted by Crippen LogP contribution is 2.28. The summed E-state index contributed by atoms with van der Waals surface area (Å²) in [4.78, 5) is 12.5. The summed E-state index contributed by atoms with van der Waals surface area (Å²) in [5, 5.41) is 2.93. The first-order chi connectivity index (χ1) is 16.2. The number of ether oxygens (including phenoxy) is 4. The molecule has 0 spiro atoms. The fourth-order valence-electron chi connectivity index (χ4n) is 3.09. The highest BCUT2D eigenvalue weighted by atomic mass is 16.5. The van der Waals surface area contributed by atoms with Crippen LogP contribution in [-0.4, -0.2) is 32.8 Å². The third-order valence-electron chi connectivity index (χ3n) is 4.92. The molecule has 0 fully saturated rings. The summed E-state index contributed by atoms with van der Waals surface area (Å²) in [7, 11) is 1.61. The van der Waals surface area contributed by atoms with E-state index in [2.05, 4.69) is 12.2 Å². The molecule has 0 aliphatic heterocycles. The summed E-state index contributed by atoms with van der Waals surface area (Å²) in [6, 6.07) is 22.3. The van der Waals surface area contributed by atoms with E-state index in [1.807, 2.05) is 48.5 Å². The van der Waals surface area contributed by atoms with E-state index in [9.17, 15) is 4.79 Å². The third kappa shape index (κ3) is 7.75. The Kier molecular flexibility index (Phi) is 9.45. The van der Waals surface area contributed by atoms with Crippen LogP contribution in [0.25, 0.3) is 0 Å². The lowest BCUT2D eigenvalue weighted by Crippen LogP contribution is -2.22. The third-order valence-corrected chi connectivity index (χ3v) is 4.92. The molecule has 1 N–H and O–H groups in total. The van der Waals surface area contributed by atoms with E-state index in [4.69, 9.17) is 18.9 Å². The van der Waals surface area contributed by atoms with Crippen molar-refractivity contribution in [1.82, 2.24) is 5.32 Å². The number of hydrogen-bond donors (Lipinski definition) is 1. The zero-order chi connectivity index (χ0) is 23.3.